The van der Waals surface area contributed by atoms with Crippen molar-refractivity contribution in [1.29, 1.82) is 5.26 Å². The number of thiophene rings is 1. The summed E-state index contributed by atoms with van der Waals surface area (Å²) < 4.78 is 32.4. The van der Waals surface area contributed by atoms with Crippen LogP contribution in [0.3, 0.4) is 0 Å². The molecule has 156 valence electrons. The summed E-state index contributed by atoms with van der Waals surface area (Å²) in [7, 11) is -4.26. The molecule has 4 aromatic rings. The molecule has 0 saturated carbocycles. The van der Waals surface area contributed by atoms with Gasteiger partial charge < -0.3 is 5.32 Å². The van der Waals surface area contributed by atoms with Gasteiger partial charge in [-0.25, -0.2) is 4.98 Å². The van der Waals surface area contributed by atoms with Crippen molar-refractivity contribution in [3.63, 3.8) is 0 Å². The van der Waals surface area contributed by atoms with E-state index < -0.39 is 10.1 Å². The molecule has 0 aliphatic rings. The summed E-state index contributed by atoms with van der Waals surface area (Å²) >= 11 is 0.976. The lowest BCUT2D eigenvalue weighted by Crippen LogP contribution is -2.04. The van der Waals surface area contributed by atoms with Crippen molar-refractivity contribution in [1.82, 2.24) is 9.97 Å². The van der Waals surface area contributed by atoms with Gasteiger partial charge in [-0.05, 0) is 48.6 Å². The Bertz CT molecular complexity index is 1440. The second-order valence-corrected chi connectivity index (χ2v) is 9.59. The van der Waals surface area contributed by atoms with Crippen molar-refractivity contribution >= 4 is 38.2 Å². The maximum atomic E-state index is 11.5. The van der Waals surface area contributed by atoms with Crippen LogP contribution in [-0.4, -0.2) is 22.9 Å². The number of nitrogens with zero attached hydrogens (tertiary/aromatic N) is 3. The lowest BCUT2D eigenvalue weighted by molar-refractivity contribution is 0.486. The quantitative estimate of drug-likeness (QED) is 0.423. The molecule has 9 heteroatoms. The van der Waals surface area contributed by atoms with Gasteiger partial charge in [-0.15, -0.1) is 11.3 Å². The number of nitriles is 1. The van der Waals surface area contributed by atoms with E-state index in [1.54, 1.807) is 29.6 Å². The molecule has 0 aliphatic carbocycles. The molecular weight excluding hydrogens is 432 g/mol. The minimum atomic E-state index is -4.26. The van der Waals surface area contributed by atoms with Crippen molar-refractivity contribution in [3.8, 4) is 17.2 Å². The number of benzene rings is 1. The minimum Gasteiger partial charge on any atom is -0.365 e. The summed E-state index contributed by atoms with van der Waals surface area (Å²) in [5, 5.41) is 15.2. The highest BCUT2D eigenvalue weighted by Crippen LogP contribution is 2.32. The van der Waals surface area contributed by atoms with Gasteiger partial charge in [-0.3, -0.25) is 9.54 Å². The molecule has 7 nitrogen and oxygen atoms in total. The van der Waals surface area contributed by atoms with Gasteiger partial charge in [0, 0.05) is 28.9 Å². The Balaban J connectivity index is 1.58. The van der Waals surface area contributed by atoms with Gasteiger partial charge >= 0.3 is 10.1 Å². The molecule has 1 aromatic carbocycles. The highest BCUT2D eigenvalue weighted by atomic mass is 32.3. The van der Waals surface area contributed by atoms with Crippen molar-refractivity contribution < 1.29 is 13.0 Å². The third kappa shape index (κ3) is 4.27. The predicted molar refractivity (Wildman–Crippen MR) is 121 cm³/mol. The van der Waals surface area contributed by atoms with Gasteiger partial charge in [-0.1, -0.05) is 24.3 Å². The zero-order valence-electron chi connectivity index (χ0n) is 16.7. The van der Waals surface area contributed by atoms with Crippen LogP contribution in [0.4, 0.5) is 5.82 Å². The molecule has 2 N–H and O–H groups in total. The molecule has 0 spiro atoms. The summed E-state index contributed by atoms with van der Waals surface area (Å²) in [4.78, 5) is 9.04. The van der Waals surface area contributed by atoms with E-state index >= 15 is 0 Å². The first-order valence-electron chi connectivity index (χ1n) is 9.33. The van der Waals surface area contributed by atoms with Crippen LogP contribution < -0.4 is 5.32 Å². The second-order valence-electron chi connectivity index (χ2n) is 7.06. The van der Waals surface area contributed by atoms with Crippen LogP contribution in [-0.2, 0) is 16.7 Å². The summed E-state index contributed by atoms with van der Waals surface area (Å²) in [6.07, 6.45) is 0. The van der Waals surface area contributed by atoms with E-state index in [-0.39, 0.29) is 4.21 Å². The smallest absolute Gasteiger partial charge is 0.304 e. The van der Waals surface area contributed by atoms with Crippen LogP contribution in [0, 0.1) is 25.2 Å². The average molecular weight is 451 g/mol. The molecule has 0 saturated heterocycles. The Labute approximate surface area is 183 Å². The zero-order chi connectivity index (χ0) is 22.2. The molecule has 0 radical (unpaired) electrons. The first-order valence-corrected chi connectivity index (χ1v) is 11.7. The van der Waals surface area contributed by atoms with Crippen LogP contribution in [0.1, 0.15) is 22.5 Å². The fourth-order valence-corrected chi connectivity index (χ4v) is 5.16. The SMILES string of the molecule is Cc1cc2nc(NCc3ccc(-c4ccsc4S(=O)(=O)O)cc3)c(C#N)cc2c(C)n1. The number of hydrogen-bond acceptors (Lipinski definition) is 7. The largest absolute Gasteiger partial charge is 0.365 e. The van der Waals surface area contributed by atoms with E-state index in [1.807, 2.05) is 32.0 Å². The number of aryl methyl sites for hydroxylation is 2. The fraction of sp³-hybridized carbons (Fsp3) is 0.136. The molecule has 3 aromatic heterocycles. The van der Waals surface area contributed by atoms with Crippen molar-refractivity contribution in [2.24, 2.45) is 0 Å². The van der Waals surface area contributed by atoms with Crippen LogP contribution in [0.15, 0.2) is 52.1 Å². The summed E-state index contributed by atoms with van der Waals surface area (Å²) in [5.41, 5.74) is 5.00. The molecule has 4 rings (SSSR count). The monoisotopic (exact) mass is 450 g/mol. The Hall–Kier alpha value is -3.32. The number of anilines is 1. The van der Waals surface area contributed by atoms with Crippen LogP contribution in [0.25, 0.3) is 22.0 Å². The highest BCUT2D eigenvalue weighted by molar-refractivity contribution is 7.88. The number of pyridine rings is 2. The highest BCUT2D eigenvalue weighted by Gasteiger charge is 2.18. The van der Waals surface area contributed by atoms with Gasteiger partial charge in [0.15, 0.2) is 4.21 Å². The van der Waals surface area contributed by atoms with Crippen LogP contribution in [0.2, 0.25) is 0 Å². The molecule has 0 bridgehead atoms. The lowest BCUT2D eigenvalue weighted by atomic mass is 10.1. The third-order valence-corrected chi connectivity index (χ3v) is 7.16. The first-order chi connectivity index (χ1) is 14.8. The van der Waals surface area contributed by atoms with E-state index in [4.69, 9.17) is 0 Å². The molecule has 0 aliphatic heterocycles. The molecule has 3 heterocycles. The number of hydrogen-bond donors (Lipinski definition) is 2. The summed E-state index contributed by atoms with van der Waals surface area (Å²) in [6.45, 7) is 4.24. The van der Waals surface area contributed by atoms with Crippen LogP contribution in [0.5, 0.6) is 0 Å². The van der Waals surface area contributed by atoms with Crippen molar-refractivity contribution in [2.75, 3.05) is 5.32 Å². The van der Waals surface area contributed by atoms with Gasteiger partial charge in [0.2, 0.25) is 0 Å². The Morgan fingerprint density at radius 1 is 1.13 bits per heavy atom. The second kappa shape index (κ2) is 8.07. The van der Waals surface area contributed by atoms with E-state index in [0.29, 0.717) is 29.1 Å². The Kier molecular flexibility index (Phi) is 5.45. The maximum Gasteiger partial charge on any atom is 0.304 e. The van der Waals surface area contributed by atoms with Gasteiger partial charge in [0.05, 0.1) is 11.1 Å². The van der Waals surface area contributed by atoms with E-state index in [2.05, 4.69) is 21.4 Å². The Morgan fingerprint density at radius 3 is 2.55 bits per heavy atom. The maximum absolute atomic E-state index is 11.5. The summed E-state index contributed by atoms with van der Waals surface area (Å²) in [6, 6.07) is 14.8. The van der Waals surface area contributed by atoms with E-state index in [1.165, 1.54) is 0 Å². The summed E-state index contributed by atoms with van der Waals surface area (Å²) in [5.74, 6) is 0.496. The molecular formula is C22H18N4O3S2. The first kappa shape index (κ1) is 20.9. The average Bonchev–Trinajstić information content (AvgIpc) is 3.22. The van der Waals surface area contributed by atoms with Gasteiger partial charge in [-0.2, -0.15) is 13.7 Å². The minimum absolute atomic E-state index is 0.0718. The molecule has 0 amide bonds. The number of fused-ring (bicyclic) bond motifs is 1. The molecule has 0 atom stereocenters. The van der Waals surface area contributed by atoms with E-state index in [9.17, 15) is 18.2 Å². The zero-order valence-corrected chi connectivity index (χ0v) is 18.4. The van der Waals surface area contributed by atoms with Gasteiger partial charge in [0.1, 0.15) is 11.9 Å². The molecule has 0 fully saturated rings. The normalized spacial score (nSPS) is 11.4. The third-order valence-electron chi connectivity index (χ3n) is 4.84. The Morgan fingerprint density at radius 2 is 1.87 bits per heavy atom. The lowest BCUT2D eigenvalue weighted by Gasteiger charge is -2.11. The van der Waals surface area contributed by atoms with Crippen LogP contribution >= 0.6 is 11.3 Å². The van der Waals surface area contributed by atoms with E-state index in [0.717, 1.165) is 39.2 Å². The number of nitrogens with one attached hydrogen (secondary N) is 1. The predicted octanol–water partition coefficient (Wildman–Crippen LogP) is 4.71. The van der Waals surface area contributed by atoms with Gasteiger partial charge in [0.25, 0.3) is 0 Å². The fourth-order valence-electron chi connectivity index (χ4n) is 3.40. The number of aromatic nitrogens is 2. The molecule has 0 unspecified atom stereocenters. The van der Waals surface area contributed by atoms with Crippen molar-refractivity contribution in [2.45, 2.75) is 24.6 Å². The van der Waals surface area contributed by atoms with Crippen molar-refractivity contribution in [3.05, 3.63) is 70.4 Å². The topological polar surface area (TPSA) is 116 Å². The number of rotatable bonds is 5. The molecule has 31 heavy (non-hydrogen) atoms. The standard InChI is InChI=1S/C22H18N4O3S2/c1-13-9-20-19(14(2)25-13)10-17(11-23)21(26-20)24-12-15-3-5-16(6-4-15)18-7-8-30-22(18)31(27,28)29/h3-10H,12H2,1-2H3,(H,24,26)(H,27,28,29).